The van der Waals surface area contributed by atoms with Crippen molar-refractivity contribution in [3.05, 3.63) is 199 Å². The zero-order valence-electron chi connectivity index (χ0n) is 32.2. The normalized spacial score (nSPS) is 13.1. The Bertz CT molecular complexity index is 3420. The Hall–Kier alpha value is -6.94. The van der Waals surface area contributed by atoms with Crippen molar-refractivity contribution < 1.29 is 4.42 Å². The first kappa shape index (κ1) is 33.2. The van der Waals surface area contributed by atoms with Gasteiger partial charge in [0.15, 0.2) is 5.58 Å². The Morgan fingerprint density at radius 1 is 0.414 bits per heavy atom. The highest BCUT2D eigenvalue weighted by Gasteiger charge is 2.36. The SMILES string of the molecule is CC1(C)c2ccccc2-c2ccc(N(c3ccc(-c4cccc5sc6ccccc6c45)cc3)c3cccc4c3oc3c5ccccc5c(-c5ccccc5)cc43)cc21. The number of furan rings is 1. The first-order valence-electron chi connectivity index (χ1n) is 20.0. The maximum absolute atomic E-state index is 7.13. The van der Waals surface area contributed by atoms with E-state index in [0.29, 0.717) is 0 Å². The first-order valence-corrected chi connectivity index (χ1v) is 20.8. The molecule has 0 bridgehead atoms. The molecule has 0 amide bonds. The summed E-state index contributed by atoms with van der Waals surface area (Å²) in [5.41, 5.74) is 15.0. The fourth-order valence-corrected chi connectivity index (χ4v) is 10.8. The van der Waals surface area contributed by atoms with Crippen LogP contribution in [0.25, 0.3) is 86.3 Å². The number of fused-ring (bicyclic) bond motifs is 11. The maximum Gasteiger partial charge on any atom is 0.159 e. The van der Waals surface area contributed by atoms with Crippen molar-refractivity contribution in [2.75, 3.05) is 4.90 Å². The molecule has 0 saturated carbocycles. The van der Waals surface area contributed by atoms with E-state index in [2.05, 4.69) is 207 Å². The molecular weight excluding hydrogens is 723 g/mol. The molecule has 0 saturated heterocycles. The van der Waals surface area contributed by atoms with Crippen LogP contribution in [0, 0.1) is 0 Å². The topological polar surface area (TPSA) is 16.4 Å². The zero-order chi connectivity index (χ0) is 38.5. The van der Waals surface area contributed by atoms with Crippen molar-refractivity contribution in [2.45, 2.75) is 19.3 Å². The summed E-state index contributed by atoms with van der Waals surface area (Å²) in [6, 6.07) is 68.7. The summed E-state index contributed by atoms with van der Waals surface area (Å²) in [5, 5.41) is 7.15. The van der Waals surface area contributed by atoms with E-state index < -0.39 is 0 Å². The molecule has 12 rings (SSSR count). The van der Waals surface area contributed by atoms with Crippen LogP contribution in [-0.2, 0) is 5.41 Å². The van der Waals surface area contributed by atoms with Crippen LogP contribution in [0.2, 0.25) is 0 Å². The maximum atomic E-state index is 7.13. The second-order valence-electron chi connectivity index (χ2n) is 16.0. The molecule has 1 aliphatic carbocycles. The number of benzene rings is 9. The molecule has 9 aromatic carbocycles. The number of hydrogen-bond donors (Lipinski definition) is 0. The van der Waals surface area contributed by atoms with Crippen LogP contribution < -0.4 is 4.90 Å². The number of para-hydroxylation sites is 1. The lowest BCUT2D eigenvalue weighted by Gasteiger charge is -2.28. The number of thiophene rings is 1. The van der Waals surface area contributed by atoms with E-state index >= 15 is 0 Å². The Kier molecular flexibility index (Phi) is 7.18. The van der Waals surface area contributed by atoms with Crippen molar-refractivity contribution in [3.8, 4) is 33.4 Å². The smallest absolute Gasteiger partial charge is 0.159 e. The zero-order valence-corrected chi connectivity index (χ0v) is 33.0. The van der Waals surface area contributed by atoms with Gasteiger partial charge in [-0.05, 0) is 98.4 Å². The molecule has 274 valence electrons. The molecule has 0 atom stereocenters. The number of rotatable bonds is 5. The van der Waals surface area contributed by atoms with Crippen molar-refractivity contribution in [3.63, 3.8) is 0 Å². The Morgan fingerprint density at radius 3 is 1.90 bits per heavy atom. The van der Waals surface area contributed by atoms with Crippen LogP contribution in [0.3, 0.4) is 0 Å². The van der Waals surface area contributed by atoms with E-state index in [1.165, 1.54) is 70.1 Å². The van der Waals surface area contributed by atoms with Crippen LogP contribution in [0.1, 0.15) is 25.0 Å². The van der Waals surface area contributed by atoms with Crippen molar-refractivity contribution in [1.29, 1.82) is 0 Å². The van der Waals surface area contributed by atoms with Gasteiger partial charge in [0.1, 0.15) is 5.58 Å². The quantitative estimate of drug-likeness (QED) is 0.174. The Balaban J connectivity index is 1.08. The Labute approximate surface area is 340 Å². The van der Waals surface area contributed by atoms with E-state index in [1.54, 1.807) is 0 Å². The second-order valence-corrected chi connectivity index (χ2v) is 17.1. The summed E-state index contributed by atoms with van der Waals surface area (Å²) in [7, 11) is 0. The lowest BCUT2D eigenvalue weighted by molar-refractivity contribution is 0.660. The highest BCUT2D eigenvalue weighted by Crippen LogP contribution is 2.52. The van der Waals surface area contributed by atoms with Crippen LogP contribution in [0.5, 0.6) is 0 Å². The van der Waals surface area contributed by atoms with Gasteiger partial charge in [0.2, 0.25) is 0 Å². The largest absolute Gasteiger partial charge is 0.453 e. The molecule has 2 nitrogen and oxygen atoms in total. The minimum Gasteiger partial charge on any atom is -0.453 e. The third-order valence-electron chi connectivity index (χ3n) is 12.5. The molecular formula is C55H37NOS. The molecule has 0 fully saturated rings. The Morgan fingerprint density at radius 2 is 1.03 bits per heavy atom. The first-order chi connectivity index (χ1) is 28.5. The van der Waals surface area contributed by atoms with Gasteiger partial charge in [-0.1, -0.05) is 153 Å². The lowest BCUT2D eigenvalue weighted by atomic mass is 9.82. The van der Waals surface area contributed by atoms with Gasteiger partial charge in [-0.3, -0.25) is 0 Å². The lowest BCUT2D eigenvalue weighted by Crippen LogP contribution is -2.16. The van der Waals surface area contributed by atoms with E-state index in [9.17, 15) is 0 Å². The monoisotopic (exact) mass is 759 g/mol. The average Bonchev–Trinajstić information content (AvgIpc) is 3.92. The number of hydrogen-bond acceptors (Lipinski definition) is 3. The van der Waals surface area contributed by atoms with Crippen molar-refractivity contribution in [2.24, 2.45) is 0 Å². The molecule has 3 heteroatoms. The fraction of sp³-hybridized carbons (Fsp3) is 0.0545. The standard InChI is InChI=1S/C55H37NOS/c1-55(2)47-22-10-8-17-40(47)41-31-30-37(32-48(41)55)56(36-28-26-35(27-29-36)38-20-13-25-51-52(38)44-19-9-11-24-50(44)58-51)49-23-12-21-43-46-33-45(34-14-4-3-5-15-34)39-16-6-7-18-42(39)53(46)57-54(43)49/h3-33H,1-2H3. The van der Waals surface area contributed by atoms with E-state index in [-0.39, 0.29) is 5.41 Å². The second kappa shape index (κ2) is 12.5. The molecule has 0 N–H and O–H groups in total. The third-order valence-corrected chi connectivity index (χ3v) is 13.6. The molecule has 11 aromatic rings. The highest BCUT2D eigenvalue weighted by molar-refractivity contribution is 7.25. The molecule has 1 aliphatic rings. The molecule has 58 heavy (non-hydrogen) atoms. The molecule has 0 unspecified atom stereocenters. The van der Waals surface area contributed by atoms with Crippen LogP contribution in [0.4, 0.5) is 17.1 Å². The third kappa shape index (κ3) is 4.84. The van der Waals surface area contributed by atoms with Gasteiger partial charge in [-0.25, -0.2) is 0 Å². The van der Waals surface area contributed by atoms with Gasteiger partial charge in [-0.15, -0.1) is 11.3 Å². The molecule has 0 spiro atoms. The molecule has 2 heterocycles. The summed E-state index contributed by atoms with van der Waals surface area (Å²) in [6.45, 7) is 4.70. The molecule has 0 aliphatic heterocycles. The van der Waals surface area contributed by atoms with E-state index in [4.69, 9.17) is 4.42 Å². The minimum atomic E-state index is -0.141. The predicted octanol–water partition coefficient (Wildman–Crippen LogP) is 16.2. The minimum absolute atomic E-state index is 0.141. The molecule has 0 radical (unpaired) electrons. The molecule has 2 aromatic heterocycles. The summed E-state index contributed by atoms with van der Waals surface area (Å²) in [5.74, 6) is 0. The van der Waals surface area contributed by atoms with Gasteiger partial charge < -0.3 is 9.32 Å². The van der Waals surface area contributed by atoms with Crippen molar-refractivity contribution in [1.82, 2.24) is 0 Å². The summed E-state index contributed by atoms with van der Waals surface area (Å²) in [6.07, 6.45) is 0. The summed E-state index contributed by atoms with van der Waals surface area (Å²) < 4.78 is 9.76. The number of nitrogens with zero attached hydrogens (tertiary/aromatic N) is 1. The van der Waals surface area contributed by atoms with Crippen molar-refractivity contribution >= 4 is 81.3 Å². The van der Waals surface area contributed by atoms with Gasteiger partial charge >= 0.3 is 0 Å². The van der Waals surface area contributed by atoms with Crippen LogP contribution in [-0.4, -0.2) is 0 Å². The van der Waals surface area contributed by atoms with E-state index in [0.717, 1.165) is 44.4 Å². The average molecular weight is 760 g/mol. The highest BCUT2D eigenvalue weighted by atomic mass is 32.1. The van der Waals surface area contributed by atoms with Gasteiger partial charge in [0.05, 0.1) is 5.69 Å². The summed E-state index contributed by atoms with van der Waals surface area (Å²) >= 11 is 1.86. The summed E-state index contributed by atoms with van der Waals surface area (Å²) in [4.78, 5) is 2.40. The van der Waals surface area contributed by atoms with Gasteiger partial charge in [0.25, 0.3) is 0 Å². The fourth-order valence-electron chi connectivity index (χ4n) is 9.70. The van der Waals surface area contributed by atoms with Crippen LogP contribution >= 0.6 is 11.3 Å². The predicted molar refractivity (Wildman–Crippen MR) is 247 cm³/mol. The van der Waals surface area contributed by atoms with Gasteiger partial charge in [-0.2, -0.15) is 0 Å². The van der Waals surface area contributed by atoms with E-state index in [1.807, 2.05) is 11.3 Å². The van der Waals surface area contributed by atoms with Crippen LogP contribution in [0.15, 0.2) is 192 Å². The van der Waals surface area contributed by atoms with Gasteiger partial charge in [0, 0.05) is 53.1 Å². The number of anilines is 3.